The molecule has 8 fully saturated rings. The van der Waals surface area contributed by atoms with E-state index in [1.54, 1.807) is 38.5 Å². The van der Waals surface area contributed by atoms with Gasteiger partial charge >= 0.3 is 5.97 Å². The second-order valence-corrected chi connectivity index (χ2v) is 31.5. The van der Waals surface area contributed by atoms with E-state index in [9.17, 15) is 19.2 Å². The van der Waals surface area contributed by atoms with Crippen LogP contribution in [0.1, 0.15) is 146 Å². The molecule has 12 heterocycles. The van der Waals surface area contributed by atoms with Crippen molar-refractivity contribution in [2.45, 2.75) is 139 Å². The summed E-state index contributed by atoms with van der Waals surface area (Å²) in [7, 11) is 3.20. The van der Waals surface area contributed by atoms with Crippen molar-refractivity contribution >= 4 is 65.3 Å². The molecule has 117 heavy (non-hydrogen) atoms. The number of piperidine rings is 4. The molecule has 4 aromatic heterocycles. The number of rotatable bonds is 18. The Morgan fingerprint density at radius 2 is 0.838 bits per heavy atom. The minimum Gasteiger partial charge on any atom is -0.478 e. The minimum absolute atomic E-state index is 0. The summed E-state index contributed by atoms with van der Waals surface area (Å²) in [6.45, 7) is 39.7. The van der Waals surface area contributed by atoms with Gasteiger partial charge < -0.3 is 60.7 Å². The zero-order valence-corrected chi connectivity index (χ0v) is 73.4. The fraction of sp³-hybridized carbons (Fsp3) is 0.500. The van der Waals surface area contributed by atoms with Gasteiger partial charge in [0.15, 0.2) is 11.6 Å². The van der Waals surface area contributed by atoms with Crippen molar-refractivity contribution < 1.29 is 66.6 Å². The Morgan fingerprint density at radius 1 is 0.462 bits per heavy atom. The molecule has 1 amide bonds. The molecule has 640 valence electrons. The molecule has 0 saturated carbocycles. The molecule has 7 N–H and O–H groups in total. The van der Waals surface area contributed by atoms with E-state index in [0.29, 0.717) is 79.2 Å². The summed E-state index contributed by atoms with van der Waals surface area (Å²) >= 11 is 5.53. The van der Waals surface area contributed by atoms with E-state index in [1.165, 1.54) is 38.9 Å². The number of ether oxygens (including phenoxy) is 2. The summed E-state index contributed by atoms with van der Waals surface area (Å²) in [5.74, 6) is 4.79. The van der Waals surface area contributed by atoms with Crippen molar-refractivity contribution in [3.8, 4) is 0 Å². The number of ketones is 2. The van der Waals surface area contributed by atoms with Gasteiger partial charge in [-0.25, -0.2) is 44.7 Å². The SMILES string of the molecule is CCN(CC)CC.COCc1ccccc1C(=O)N1CC2CC(C1)N(c1nc(C)cc(C)n1)C2.COCc1ccccc1C(=O)O.Cc1cc(C)nc(Cl)n1.Cc1cc(C)nc(N2CC3CC2CN(CC(=O)c2ccccc2)C3)n1.Cc1cc(C)nc(N2CC3CNCC2C3)n1.Cl.O.O.O=C(CN1CC2CNC(C2)C1)c1ccccc1.[HH].[Pd]. The molecule has 8 aliphatic heterocycles. The summed E-state index contributed by atoms with van der Waals surface area (Å²) in [4.78, 5) is 99.9. The normalized spacial score (nSPS) is 20.3. The number of nitrogens with zero attached hydrogens (tertiary/aromatic N) is 15. The number of carbonyl (C=O) groups excluding carboxylic acids is 3. The summed E-state index contributed by atoms with van der Waals surface area (Å²) in [6.07, 6.45) is 4.85. The van der Waals surface area contributed by atoms with Crippen molar-refractivity contribution in [2.75, 3.05) is 140 Å². The van der Waals surface area contributed by atoms with Gasteiger partial charge in [-0.15, -0.1) is 12.4 Å². The maximum absolute atomic E-state index is 13.2. The summed E-state index contributed by atoms with van der Waals surface area (Å²) in [5, 5.41) is 16.1. The van der Waals surface area contributed by atoms with E-state index in [-0.39, 0.29) is 68.7 Å². The van der Waals surface area contributed by atoms with E-state index >= 15 is 0 Å². The third-order valence-electron chi connectivity index (χ3n) is 21.8. The number of nitrogens with one attached hydrogen (secondary N) is 2. The van der Waals surface area contributed by atoms with Gasteiger partial charge in [0.05, 0.1) is 31.9 Å². The number of methoxy groups -OCH3 is 2. The van der Waals surface area contributed by atoms with Crippen LogP contribution in [0.2, 0.25) is 5.28 Å². The number of halogens is 2. The Bertz CT molecular complexity index is 4310. The number of carboxylic acids is 1. The van der Waals surface area contributed by atoms with E-state index in [1.807, 2.05) is 169 Å². The summed E-state index contributed by atoms with van der Waals surface area (Å²) in [5.41, 5.74) is 12.3. The van der Waals surface area contributed by atoms with Gasteiger partial charge in [-0.05, 0) is 197 Å². The standard InChI is InChI=1S/C21H26N4O2.C20H24N4O.C14H18N2O.C12H18N4.C9H10O3.C6H7ClN2.C6H15N.ClH.2H2O.Pd.H2/c1-14-8-15(2)23-21(22-14)25-11-16-9-18(25)12-24(10-16)20(26)19-7-5-4-6-17(19)13-27-3;1-14-8-15(2)22-20(21-14)24-11-16-9-18(24)12-23(10-16)13-19(25)17-6-4-3-5-7-17;17-14(12-4-2-1-3-5-12)10-16-8-11-6-13(9-16)15-7-11;1-8-3-9(2)15-12(14-8)16-7-10-4-11(16)6-13-5-10;1-12-6-7-4-2-3-5-8(7)9(10)11;1-4-3-5(2)9-6(7)8-4;1-4-7(5-2)6-3;;;;;/h4-8,16,18H,9-13H2,1-3H3;3-8,16,18H,9-13H2,1-2H3;1-5,11,13,15H,6-10H2;3,10-11,13H,4-7H2,1-2H3;2-5H,6H2,1H3,(H,10,11);3H,1-2H3;4-6H2,1-3H3;1H;2*1H2;;1H. The van der Waals surface area contributed by atoms with Gasteiger partial charge in [0, 0.05) is 188 Å². The third kappa shape index (κ3) is 28.7. The van der Waals surface area contributed by atoms with Crippen LogP contribution in [0.15, 0.2) is 133 Å². The number of hydrogen-bond donors (Lipinski definition) is 3. The minimum atomic E-state index is -0.914. The first kappa shape index (κ1) is 97.6. The van der Waals surface area contributed by atoms with E-state index in [4.69, 9.17) is 26.2 Å². The van der Waals surface area contributed by atoms with Crippen LogP contribution in [-0.2, 0) is 43.1 Å². The Morgan fingerprint density at radius 3 is 1.26 bits per heavy atom. The number of likely N-dealkylation sites (tertiary alicyclic amines) is 3. The molecule has 4 aromatic carbocycles. The van der Waals surface area contributed by atoms with Crippen LogP contribution in [0.5, 0.6) is 0 Å². The summed E-state index contributed by atoms with van der Waals surface area (Å²) < 4.78 is 10.1. The number of hydrogen-bond acceptors (Lipinski definition) is 22. The van der Waals surface area contributed by atoms with Crippen LogP contribution in [0.3, 0.4) is 0 Å². The molecule has 8 aromatic rings. The van der Waals surface area contributed by atoms with Gasteiger partial charge in [0.2, 0.25) is 23.1 Å². The van der Waals surface area contributed by atoms with Crippen molar-refractivity contribution in [1.29, 1.82) is 0 Å². The number of anilines is 3. The van der Waals surface area contributed by atoms with Crippen molar-refractivity contribution in [3.05, 3.63) is 218 Å². The predicted octanol–water partition coefficient (Wildman–Crippen LogP) is 10.8. The molecular weight excluding hydrogens is 1620 g/mol. The first-order valence-electron chi connectivity index (χ1n) is 40.1. The molecule has 8 bridgehead atoms. The molecule has 26 nitrogen and oxygen atoms in total. The van der Waals surface area contributed by atoms with Gasteiger partial charge in [-0.3, -0.25) is 24.2 Å². The number of Topliss-reactive ketones (excluding diaryl/α,β-unsaturated/α-hetero) is 2. The molecule has 29 heteroatoms. The molecule has 8 atom stereocenters. The molecule has 0 radical (unpaired) electrons. The number of carboxylic acid groups (broad SMARTS) is 1. The summed E-state index contributed by atoms with van der Waals surface area (Å²) in [6, 6.07) is 43.5. The fourth-order valence-electron chi connectivity index (χ4n) is 16.8. The Labute approximate surface area is 718 Å². The topological polar surface area (TPSA) is 320 Å². The average Bonchev–Trinajstić information content (AvgIpc) is 1.64. The zero-order valence-electron chi connectivity index (χ0n) is 70.3. The molecule has 8 aliphatic rings. The number of aromatic nitrogens is 8. The smallest absolute Gasteiger partial charge is 0.336 e. The number of carbonyl (C=O) groups is 4. The maximum atomic E-state index is 13.2. The monoisotopic (exact) mass is 1740 g/mol. The fourth-order valence-corrected chi connectivity index (χ4v) is 17.1. The van der Waals surface area contributed by atoms with Crippen molar-refractivity contribution in [2.24, 2.45) is 23.7 Å². The number of benzene rings is 4. The van der Waals surface area contributed by atoms with Crippen molar-refractivity contribution in [3.63, 3.8) is 0 Å². The van der Waals surface area contributed by atoms with Gasteiger partial charge in [-0.1, -0.05) is 118 Å². The number of amides is 1. The molecule has 8 saturated heterocycles. The Kier molecular flexibility index (Phi) is 40.1. The average molecular weight is 1740 g/mol. The molecule has 8 unspecified atom stereocenters. The van der Waals surface area contributed by atoms with Crippen LogP contribution >= 0.6 is 24.0 Å². The molecule has 16 rings (SSSR count). The number of aromatic carboxylic acids is 1. The van der Waals surface area contributed by atoms with Gasteiger partial charge in [0.1, 0.15) is 0 Å². The largest absolute Gasteiger partial charge is 0.478 e. The zero-order chi connectivity index (χ0) is 80.7. The maximum Gasteiger partial charge on any atom is 0.336 e. The van der Waals surface area contributed by atoms with Gasteiger partial charge in [-0.2, -0.15) is 0 Å². The van der Waals surface area contributed by atoms with Crippen LogP contribution in [0.4, 0.5) is 17.8 Å². The Balaban J connectivity index is 0.000000253. The molecule has 0 aliphatic carbocycles. The Hall–Kier alpha value is -8.24. The van der Waals surface area contributed by atoms with Gasteiger partial charge in [0.25, 0.3) is 5.91 Å². The molecule has 0 spiro atoms. The van der Waals surface area contributed by atoms with Crippen molar-refractivity contribution in [1.82, 2.24) is 70.1 Å². The quantitative estimate of drug-likeness (QED) is 0.0408. The van der Waals surface area contributed by atoms with E-state index in [0.717, 1.165) is 176 Å². The van der Waals surface area contributed by atoms with Crippen LogP contribution in [0.25, 0.3) is 0 Å². The predicted molar refractivity (Wildman–Crippen MR) is 463 cm³/mol. The molecular formula is C88H125Cl2N17O9Pd. The van der Waals surface area contributed by atoms with Crippen LogP contribution in [-0.4, -0.2) is 249 Å². The van der Waals surface area contributed by atoms with E-state index < -0.39 is 5.97 Å². The first-order chi connectivity index (χ1) is 54.4. The van der Waals surface area contributed by atoms with Crippen LogP contribution in [0, 0.1) is 79.1 Å². The second-order valence-electron chi connectivity index (χ2n) is 31.1. The number of fused-ring (bicyclic) bond motifs is 8. The van der Waals surface area contributed by atoms with E-state index in [2.05, 4.69) is 101 Å². The second kappa shape index (κ2) is 48.1. The first-order valence-corrected chi connectivity index (χ1v) is 40.5. The van der Waals surface area contributed by atoms with Crippen LogP contribution < -0.4 is 25.3 Å². The number of aryl methyl sites for hydroxylation is 8. The third-order valence-corrected chi connectivity index (χ3v) is 22.0.